The lowest BCUT2D eigenvalue weighted by molar-refractivity contribution is 0.0951. The van der Waals surface area contributed by atoms with E-state index in [0.717, 1.165) is 14.4 Å². The Bertz CT molecular complexity index is 585. The number of thiazole rings is 1. The van der Waals surface area contributed by atoms with Gasteiger partial charge in [-0.05, 0) is 41.1 Å². The molecular weight excluding hydrogens is 336 g/mol. The molecule has 0 atom stereocenters. The number of rotatable bonds is 3. The van der Waals surface area contributed by atoms with Crippen LogP contribution in [-0.2, 0) is 6.54 Å². The smallest absolute Gasteiger partial charge is 0.251 e. The maximum atomic E-state index is 11.9. The molecule has 3 nitrogen and oxygen atoms in total. The molecule has 1 N–H and O–H groups in total. The summed E-state index contributed by atoms with van der Waals surface area (Å²) in [6.07, 6.45) is 1.77. The standard InChI is InChI=1S/C12H10BrClN2OS/c1-7-15-5-9(18-7)6-16-12(17)8-2-3-10(13)11(14)4-8/h2-5H,6H2,1H3,(H,16,17). The molecule has 2 rings (SSSR count). The van der Waals surface area contributed by atoms with E-state index >= 15 is 0 Å². The summed E-state index contributed by atoms with van der Waals surface area (Å²) in [6.45, 7) is 2.42. The van der Waals surface area contributed by atoms with Crippen molar-refractivity contribution in [3.63, 3.8) is 0 Å². The van der Waals surface area contributed by atoms with Gasteiger partial charge in [0.05, 0.1) is 16.6 Å². The molecule has 6 heteroatoms. The van der Waals surface area contributed by atoms with Crippen molar-refractivity contribution in [2.75, 3.05) is 0 Å². The van der Waals surface area contributed by atoms with Crippen LogP contribution >= 0.6 is 38.9 Å². The molecule has 0 bridgehead atoms. The molecule has 0 spiro atoms. The molecule has 1 heterocycles. The maximum absolute atomic E-state index is 11.9. The lowest BCUT2D eigenvalue weighted by Gasteiger charge is -2.04. The summed E-state index contributed by atoms with van der Waals surface area (Å²) in [5.74, 6) is -0.143. The highest BCUT2D eigenvalue weighted by Gasteiger charge is 2.08. The molecule has 0 aliphatic rings. The van der Waals surface area contributed by atoms with E-state index in [0.29, 0.717) is 17.1 Å². The number of aromatic nitrogens is 1. The monoisotopic (exact) mass is 344 g/mol. The third-order valence-electron chi connectivity index (χ3n) is 2.27. The van der Waals surface area contributed by atoms with Crippen molar-refractivity contribution in [1.82, 2.24) is 10.3 Å². The van der Waals surface area contributed by atoms with Crippen molar-refractivity contribution >= 4 is 44.8 Å². The van der Waals surface area contributed by atoms with Gasteiger partial charge in [-0.2, -0.15) is 0 Å². The Hall–Kier alpha value is -0.910. The van der Waals surface area contributed by atoms with E-state index in [1.807, 2.05) is 6.92 Å². The summed E-state index contributed by atoms with van der Waals surface area (Å²) < 4.78 is 0.777. The van der Waals surface area contributed by atoms with Gasteiger partial charge < -0.3 is 5.32 Å². The van der Waals surface area contributed by atoms with Crippen LogP contribution in [0.2, 0.25) is 5.02 Å². The lowest BCUT2D eigenvalue weighted by atomic mass is 10.2. The number of nitrogens with one attached hydrogen (secondary N) is 1. The molecule has 0 aliphatic heterocycles. The van der Waals surface area contributed by atoms with Gasteiger partial charge in [0.15, 0.2) is 0 Å². The minimum Gasteiger partial charge on any atom is -0.347 e. The van der Waals surface area contributed by atoms with E-state index in [9.17, 15) is 4.79 Å². The zero-order valence-electron chi connectivity index (χ0n) is 9.54. The zero-order chi connectivity index (χ0) is 13.1. The van der Waals surface area contributed by atoms with Crippen LogP contribution in [0.15, 0.2) is 28.9 Å². The molecule has 1 amide bonds. The third-order valence-corrected chi connectivity index (χ3v) is 4.42. The van der Waals surface area contributed by atoms with Crippen molar-refractivity contribution in [2.45, 2.75) is 13.5 Å². The molecule has 18 heavy (non-hydrogen) atoms. The summed E-state index contributed by atoms with van der Waals surface area (Å²) in [5, 5.41) is 4.35. The van der Waals surface area contributed by atoms with Gasteiger partial charge in [0.1, 0.15) is 0 Å². The second kappa shape index (κ2) is 5.82. The van der Waals surface area contributed by atoms with Crippen molar-refractivity contribution in [1.29, 1.82) is 0 Å². The molecule has 1 aromatic heterocycles. The average Bonchev–Trinajstić information content (AvgIpc) is 2.75. The Morgan fingerprint density at radius 1 is 1.56 bits per heavy atom. The Labute approximate surface area is 122 Å². The Balaban J connectivity index is 2.01. The van der Waals surface area contributed by atoms with Crippen molar-refractivity contribution < 1.29 is 4.79 Å². The molecule has 0 aliphatic carbocycles. The second-order valence-electron chi connectivity index (χ2n) is 3.66. The molecule has 0 fully saturated rings. The predicted octanol–water partition coefficient (Wildman–Crippen LogP) is 3.80. The fourth-order valence-corrected chi connectivity index (χ4v) is 2.56. The highest BCUT2D eigenvalue weighted by molar-refractivity contribution is 9.10. The number of hydrogen-bond acceptors (Lipinski definition) is 3. The van der Waals surface area contributed by atoms with Crippen LogP contribution in [0.4, 0.5) is 0 Å². The number of hydrogen-bond donors (Lipinski definition) is 1. The highest BCUT2D eigenvalue weighted by Crippen LogP contribution is 2.23. The number of aryl methyl sites for hydroxylation is 1. The van der Waals surface area contributed by atoms with Gasteiger partial charge in [-0.3, -0.25) is 4.79 Å². The zero-order valence-corrected chi connectivity index (χ0v) is 12.7. The van der Waals surface area contributed by atoms with Gasteiger partial charge in [-0.25, -0.2) is 4.98 Å². The second-order valence-corrected chi connectivity index (χ2v) is 6.24. The van der Waals surface area contributed by atoms with Crippen LogP contribution in [0.5, 0.6) is 0 Å². The molecular formula is C12H10BrClN2OS. The number of nitrogens with zero attached hydrogens (tertiary/aromatic N) is 1. The van der Waals surface area contributed by atoms with Gasteiger partial charge in [0.25, 0.3) is 5.91 Å². The van der Waals surface area contributed by atoms with Gasteiger partial charge in [-0.15, -0.1) is 11.3 Å². The molecule has 0 saturated heterocycles. The Morgan fingerprint density at radius 2 is 2.33 bits per heavy atom. The van der Waals surface area contributed by atoms with E-state index in [4.69, 9.17) is 11.6 Å². The van der Waals surface area contributed by atoms with E-state index in [2.05, 4.69) is 26.2 Å². The number of amides is 1. The molecule has 0 unspecified atom stereocenters. The molecule has 0 radical (unpaired) electrons. The molecule has 2 aromatic rings. The van der Waals surface area contributed by atoms with Crippen molar-refractivity contribution in [3.05, 3.63) is 49.3 Å². The maximum Gasteiger partial charge on any atom is 0.251 e. The van der Waals surface area contributed by atoms with Crippen LogP contribution in [0.25, 0.3) is 0 Å². The van der Waals surface area contributed by atoms with Gasteiger partial charge in [-0.1, -0.05) is 11.6 Å². The van der Waals surface area contributed by atoms with E-state index < -0.39 is 0 Å². The first-order valence-electron chi connectivity index (χ1n) is 5.21. The van der Waals surface area contributed by atoms with Crippen molar-refractivity contribution in [2.24, 2.45) is 0 Å². The highest BCUT2D eigenvalue weighted by atomic mass is 79.9. The SMILES string of the molecule is Cc1ncc(CNC(=O)c2ccc(Br)c(Cl)c2)s1. The van der Waals surface area contributed by atoms with Gasteiger partial charge in [0.2, 0.25) is 0 Å². The summed E-state index contributed by atoms with van der Waals surface area (Å²) in [6, 6.07) is 5.12. The van der Waals surface area contributed by atoms with E-state index in [-0.39, 0.29) is 5.91 Å². The van der Waals surface area contributed by atoms with Crippen LogP contribution in [0.1, 0.15) is 20.2 Å². The number of carbonyl (C=O) groups is 1. The van der Waals surface area contributed by atoms with Crippen LogP contribution < -0.4 is 5.32 Å². The third kappa shape index (κ3) is 3.31. The first-order chi connectivity index (χ1) is 8.56. The van der Waals surface area contributed by atoms with Crippen LogP contribution in [-0.4, -0.2) is 10.9 Å². The Kier molecular flexibility index (Phi) is 4.37. The summed E-state index contributed by atoms with van der Waals surface area (Å²) >= 11 is 10.8. The van der Waals surface area contributed by atoms with Crippen LogP contribution in [0, 0.1) is 6.92 Å². The Morgan fingerprint density at radius 3 is 2.94 bits per heavy atom. The number of carbonyl (C=O) groups excluding carboxylic acids is 1. The predicted molar refractivity (Wildman–Crippen MR) is 77.2 cm³/mol. The van der Waals surface area contributed by atoms with E-state index in [1.165, 1.54) is 0 Å². The summed E-state index contributed by atoms with van der Waals surface area (Å²) in [4.78, 5) is 17.1. The minimum absolute atomic E-state index is 0.143. The van der Waals surface area contributed by atoms with Crippen molar-refractivity contribution in [3.8, 4) is 0 Å². The largest absolute Gasteiger partial charge is 0.347 e. The normalized spacial score (nSPS) is 10.4. The lowest BCUT2D eigenvalue weighted by Crippen LogP contribution is -2.22. The first kappa shape index (κ1) is 13.5. The molecule has 1 aromatic carbocycles. The van der Waals surface area contributed by atoms with E-state index in [1.54, 1.807) is 35.7 Å². The minimum atomic E-state index is -0.143. The first-order valence-corrected chi connectivity index (χ1v) is 7.19. The number of benzene rings is 1. The number of halogens is 2. The average molecular weight is 346 g/mol. The topological polar surface area (TPSA) is 42.0 Å². The summed E-state index contributed by atoms with van der Waals surface area (Å²) in [7, 11) is 0. The van der Waals surface area contributed by atoms with Gasteiger partial charge in [0, 0.05) is 21.1 Å². The molecule has 94 valence electrons. The fourth-order valence-electron chi connectivity index (χ4n) is 1.39. The summed E-state index contributed by atoms with van der Waals surface area (Å²) in [5.41, 5.74) is 0.546. The van der Waals surface area contributed by atoms with Gasteiger partial charge >= 0.3 is 0 Å². The quantitative estimate of drug-likeness (QED) is 0.919. The fraction of sp³-hybridized carbons (Fsp3) is 0.167. The molecule has 0 saturated carbocycles. The van der Waals surface area contributed by atoms with Crippen LogP contribution in [0.3, 0.4) is 0 Å².